The van der Waals surface area contributed by atoms with Crippen molar-refractivity contribution in [2.75, 3.05) is 0 Å². The molecule has 0 aliphatic heterocycles. The van der Waals surface area contributed by atoms with Gasteiger partial charge in [-0.15, -0.1) is 0 Å². The zero-order chi connectivity index (χ0) is 24.0. The Hall–Kier alpha value is -4.11. The molecular formula is C25H21N5O3S. The average molecular weight is 472 g/mol. The molecule has 0 aliphatic carbocycles. The van der Waals surface area contributed by atoms with E-state index < -0.39 is 15.4 Å². The molecule has 170 valence electrons. The number of rotatable bonds is 4. The van der Waals surface area contributed by atoms with Crippen molar-refractivity contribution in [3.8, 4) is 0 Å². The van der Waals surface area contributed by atoms with Gasteiger partial charge in [-0.25, -0.2) is 13.4 Å². The fraction of sp³-hybridized carbons (Fsp3) is 0.120. The first-order valence-corrected chi connectivity index (χ1v) is 12.1. The number of fused-ring (bicyclic) bond motifs is 2. The third-order valence-electron chi connectivity index (χ3n) is 5.78. The molecule has 0 bridgehead atoms. The van der Waals surface area contributed by atoms with E-state index in [1.165, 1.54) is 27.2 Å². The lowest BCUT2D eigenvalue weighted by molar-refractivity contribution is 0.591. The van der Waals surface area contributed by atoms with Crippen LogP contribution < -0.4 is 11.0 Å². The van der Waals surface area contributed by atoms with Gasteiger partial charge in [0.2, 0.25) is 9.84 Å². The molecule has 0 saturated carbocycles. The maximum Gasteiger partial charge on any atom is 0.267 e. The standard InChI is InChI=1S/C25H21N5O3S/c1-16-7-9-19(10-8-16)34(32,33)21-13-20-24(28-23-17(2)5-4-12-29(23)25(20)31)30(22(21)26)15-18-6-3-11-27-14-18/h3-14,26H,15H2,1-2H3. The number of hydrogen-bond acceptors (Lipinski definition) is 6. The summed E-state index contributed by atoms with van der Waals surface area (Å²) in [5.41, 5.74) is 2.51. The Bertz CT molecular complexity index is 1790. The van der Waals surface area contributed by atoms with E-state index in [1.54, 1.807) is 42.9 Å². The molecule has 0 unspecified atom stereocenters. The number of nitrogens with zero attached hydrogens (tertiary/aromatic N) is 4. The third-order valence-corrected chi connectivity index (χ3v) is 7.57. The second-order valence-electron chi connectivity index (χ2n) is 8.16. The molecular weight excluding hydrogens is 450 g/mol. The van der Waals surface area contributed by atoms with Gasteiger partial charge in [0.1, 0.15) is 21.7 Å². The van der Waals surface area contributed by atoms with Gasteiger partial charge in [-0.3, -0.25) is 19.6 Å². The Morgan fingerprint density at radius 3 is 2.47 bits per heavy atom. The predicted octanol–water partition coefficient (Wildman–Crippen LogP) is 3.02. The van der Waals surface area contributed by atoms with Crippen LogP contribution in [-0.4, -0.2) is 27.4 Å². The van der Waals surface area contributed by atoms with Gasteiger partial charge in [-0.2, -0.15) is 0 Å². The summed E-state index contributed by atoms with van der Waals surface area (Å²) in [4.78, 5) is 22.1. The second-order valence-corrected chi connectivity index (χ2v) is 10.1. The summed E-state index contributed by atoms with van der Waals surface area (Å²) in [5, 5.41) is 8.99. The first-order chi connectivity index (χ1) is 16.3. The normalized spacial score (nSPS) is 11.8. The minimum absolute atomic E-state index is 0.0589. The molecule has 34 heavy (non-hydrogen) atoms. The zero-order valence-corrected chi connectivity index (χ0v) is 19.4. The molecule has 0 radical (unpaired) electrons. The Morgan fingerprint density at radius 1 is 1.00 bits per heavy atom. The van der Waals surface area contributed by atoms with Crippen molar-refractivity contribution in [2.45, 2.75) is 30.2 Å². The van der Waals surface area contributed by atoms with E-state index in [-0.39, 0.29) is 32.9 Å². The van der Waals surface area contributed by atoms with Gasteiger partial charge in [-0.1, -0.05) is 29.8 Å². The summed E-state index contributed by atoms with van der Waals surface area (Å²) in [6.45, 7) is 3.84. The summed E-state index contributed by atoms with van der Waals surface area (Å²) in [6.07, 6.45) is 4.87. The molecule has 8 nitrogen and oxygen atoms in total. The summed E-state index contributed by atoms with van der Waals surface area (Å²) < 4.78 is 30.0. The molecule has 0 aliphatic rings. The minimum Gasteiger partial charge on any atom is -0.305 e. The lowest BCUT2D eigenvalue weighted by Gasteiger charge is -2.15. The summed E-state index contributed by atoms with van der Waals surface area (Å²) in [5.74, 6) is 0. The molecule has 0 amide bonds. The van der Waals surface area contributed by atoms with Crippen molar-refractivity contribution in [1.82, 2.24) is 18.9 Å². The Labute approximate surface area is 195 Å². The highest BCUT2D eigenvalue weighted by molar-refractivity contribution is 7.91. The molecule has 1 N–H and O–H groups in total. The maximum absolute atomic E-state index is 13.6. The van der Waals surface area contributed by atoms with Crippen LogP contribution in [0.4, 0.5) is 0 Å². The quantitative estimate of drug-likeness (QED) is 0.405. The molecule has 9 heteroatoms. The van der Waals surface area contributed by atoms with Crippen LogP contribution in [0.1, 0.15) is 16.7 Å². The van der Waals surface area contributed by atoms with Gasteiger partial charge in [0.25, 0.3) is 5.56 Å². The van der Waals surface area contributed by atoms with Crippen molar-refractivity contribution in [3.63, 3.8) is 0 Å². The van der Waals surface area contributed by atoms with Crippen molar-refractivity contribution >= 4 is 26.5 Å². The van der Waals surface area contributed by atoms with E-state index in [2.05, 4.69) is 4.98 Å². The van der Waals surface area contributed by atoms with Crippen LogP contribution in [0.5, 0.6) is 0 Å². The van der Waals surface area contributed by atoms with Gasteiger partial charge in [0.15, 0.2) is 0 Å². The van der Waals surface area contributed by atoms with Crippen LogP contribution in [-0.2, 0) is 16.4 Å². The summed E-state index contributed by atoms with van der Waals surface area (Å²) in [6, 6.07) is 14.9. The topological polar surface area (TPSA) is 110 Å². The third kappa shape index (κ3) is 3.50. The molecule has 0 saturated heterocycles. The number of sulfone groups is 1. The van der Waals surface area contributed by atoms with Crippen molar-refractivity contribution in [1.29, 1.82) is 5.41 Å². The Balaban J connectivity index is 1.89. The van der Waals surface area contributed by atoms with Crippen LogP contribution in [0.15, 0.2) is 87.8 Å². The van der Waals surface area contributed by atoms with Crippen LogP contribution >= 0.6 is 0 Å². The monoisotopic (exact) mass is 471 g/mol. The van der Waals surface area contributed by atoms with E-state index >= 15 is 0 Å². The van der Waals surface area contributed by atoms with E-state index in [1.807, 2.05) is 26.0 Å². The Kier molecular flexibility index (Phi) is 5.13. The maximum atomic E-state index is 13.6. The first-order valence-electron chi connectivity index (χ1n) is 10.6. The molecule has 5 rings (SSSR count). The van der Waals surface area contributed by atoms with Gasteiger partial charge in [0.05, 0.1) is 16.8 Å². The van der Waals surface area contributed by atoms with Gasteiger partial charge in [0, 0.05) is 18.6 Å². The Morgan fingerprint density at radius 2 is 1.76 bits per heavy atom. The number of aryl methyl sites for hydroxylation is 2. The molecule has 0 spiro atoms. The first kappa shape index (κ1) is 21.7. The van der Waals surface area contributed by atoms with E-state index in [0.29, 0.717) is 5.65 Å². The lowest BCUT2D eigenvalue weighted by atomic mass is 10.2. The van der Waals surface area contributed by atoms with Crippen LogP contribution in [0, 0.1) is 19.3 Å². The molecule has 4 heterocycles. The summed E-state index contributed by atoms with van der Waals surface area (Å²) >= 11 is 0. The minimum atomic E-state index is -4.07. The van der Waals surface area contributed by atoms with Crippen LogP contribution in [0.2, 0.25) is 0 Å². The fourth-order valence-electron chi connectivity index (χ4n) is 3.95. The van der Waals surface area contributed by atoms with Crippen LogP contribution in [0.25, 0.3) is 16.7 Å². The molecule has 0 fully saturated rings. The van der Waals surface area contributed by atoms with E-state index in [4.69, 9.17) is 10.4 Å². The number of nitrogens with one attached hydrogen (secondary N) is 1. The largest absolute Gasteiger partial charge is 0.305 e. The molecule has 4 aromatic heterocycles. The number of aromatic nitrogens is 4. The second kappa shape index (κ2) is 8.03. The number of pyridine rings is 3. The van der Waals surface area contributed by atoms with E-state index in [0.717, 1.165) is 16.7 Å². The van der Waals surface area contributed by atoms with Crippen molar-refractivity contribution in [3.05, 3.63) is 106 Å². The smallest absolute Gasteiger partial charge is 0.267 e. The van der Waals surface area contributed by atoms with Crippen molar-refractivity contribution in [2.24, 2.45) is 0 Å². The average Bonchev–Trinajstić information content (AvgIpc) is 2.82. The SMILES string of the molecule is Cc1ccc(S(=O)(=O)c2cc3c(=O)n4cccc(C)c4nc3n(Cc3cccnc3)c2=N)cc1. The van der Waals surface area contributed by atoms with E-state index in [9.17, 15) is 13.2 Å². The molecule has 0 atom stereocenters. The van der Waals surface area contributed by atoms with Crippen molar-refractivity contribution < 1.29 is 8.42 Å². The highest BCUT2D eigenvalue weighted by Gasteiger charge is 2.24. The van der Waals surface area contributed by atoms with Gasteiger partial charge < -0.3 is 4.57 Å². The predicted molar refractivity (Wildman–Crippen MR) is 128 cm³/mol. The number of hydrogen-bond donors (Lipinski definition) is 1. The van der Waals surface area contributed by atoms with Gasteiger partial charge >= 0.3 is 0 Å². The van der Waals surface area contributed by atoms with Gasteiger partial charge in [-0.05, 0) is 55.3 Å². The zero-order valence-electron chi connectivity index (χ0n) is 18.6. The highest BCUT2D eigenvalue weighted by Crippen LogP contribution is 2.22. The molecule has 1 aromatic carbocycles. The fourth-order valence-corrected chi connectivity index (χ4v) is 5.33. The van der Waals surface area contributed by atoms with Crippen LogP contribution in [0.3, 0.4) is 0 Å². The number of benzene rings is 1. The highest BCUT2D eigenvalue weighted by atomic mass is 32.2. The lowest BCUT2D eigenvalue weighted by Crippen LogP contribution is -2.30. The molecule has 5 aromatic rings. The summed E-state index contributed by atoms with van der Waals surface area (Å²) in [7, 11) is -4.07.